The minimum atomic E-state index is -0.0857. The molecule has 1 heterocycles. The Kier molecular flexibility index (Phi) is 3.79. The van der Waals surface area contributed by atoms with Crippen molar-refractivity contribution in [3.63, 3.8) is 0 Å². The fraction of sp³-hybridized carbons (Fsp3) is 0.571. The lowest BCUT2D eigenvalue weighted by Gasteiger charge is -2.18. The van der Waals surface area contributed by atoms with E-state index in [0.717, 1.165) is 30.6 Å². The highest BCUT2D eigenvalue weighted by atomic mass is 19.1. The zero-order chi connectivity index (χ0) is 12.4. The van der Waals surface area contributed by atoms with Gasteiger partial charge in [-0.25, -0.2) is 4.39 Å². The van der Waals surface area contributed by atoms with Gasteiger partial charge in [0.25, 0.3) is 0 Å². The summed E-state index contributed by atoms with van der Waals surface area (Å²) in [5.41, 5.74) is 7.95. The number of halogens is 1. The molecule has 0 spiro atoms. The highest BCUT2D eigenvalue weighted by Gasteiger charge is 2.27. The first-order valence-electron chi connectivity index (χ1n) is 6.36. The Bertz CT molecular complexity index is 382. The monoisotopic (exact) mass is 236 g/mol. The van der Waals surface area contributed by atoms with Gasteiger partial charge in [0.05, 0.1) is 0 Å². The summed E-state index contributed by atoms with van der Waals surface area (Å²) in [6.45, 7) is 6.76. The summed E-state index contributed by atoms with van der Waals surface area (Å²) in [5, 5.41) is 0. The summed E-state index contributed by atoms with van der Waals surface area (Å²) in [7, 11) is 0. The Hall–Kier alpha value is -0.930. The molecule has 0 aliphatic carbocycles. The van der Waals surface area contributed by atoms with Crippen molar-refractivity contribution >= 4 is 0 Å². The average Bonchev–Trinajstić information content (AvgIpc) is 2.61. The van der Waals surface area contributed by atoms with Crippen LogP contribution in [0.25, 0.3) is 0 Å². The van der Waals surface area contributed by atoms with Crippen molar-refractivity contribution in [2.75, 3.05) is 13.1 Å². The second-order valence-electron chi connectivity index (χ2n) is 5.07. The van der Waals surface area contributed by atoms with Gasteiger partial charge in [0.2, 0.25) is 0 Å². The second-order valence-corrected chi connectivity index (χ2v) is 5.07. The SMILES string of the molecule is CCc1cccc(F)c1CN1CC(C)C(N)C1. The first kappa shape index (κ1) is 12.5. The number of hydrogen-bond acceptors (Lipinski definition) is 2. The van der Waals surface area contributed by atoms with Crippen LogP contribution in [0.2, 0.25) is 0 Å². The Balaban J connectivity index is 2.13. The predicted molar refractivity (Wildman–Crippen MR) is 68.2 cm³/mol. The Morgan fingerprint density at radius 3 is 2.76 bits per heavy atom. The molecule has 1 aromatic rings. The van der Waals surface area contributed by atoms with Crippen LogP contribution in [0.5, 0.6) is 0 Å². The summed E-state index contributed by atoms with van der Waals surface area (Å²) >= 11 is 0. The molecule has 1 aliphatic heterocycles. The normalized spacial score (nSPS) is 25.4. The van der Waals surface area contributed by atoms with Gasteiger partial charge in [0.15, 0.2) is 0 Å². The van der Waals surface area contributed by atoms with Crippen LogP contribution in [0, 0.1) is 11.7 Å². The van der Waals surface area contributed by atoms with E-state index in [1.807, 2.05) is 6.07 Å². The fourth-order valence-electron chi connectivity index (χ4n) is 2.56. The number of benzene rings is 1. The molecule has 2 N–H and O–H groups in total. The van der Waals surface area contributed by atoms with Crippen LogP contribution >= 0.6 is 0 Å². The van der Waals surface area contributed by atoms with Crippen molar-refractivity contribution < 1.29 is 4.39 Å². The Morgan fingerprint density at radius 2 is 2.18 bits per heavy atom. The van der Waals surface area contributed by atoms with Gasteiger partial charge in [-0.2, -0.15) is 0 Å². The van der Waals surface area contributed by atoms with Crippen LogP contribution in [0.3, 0.4) is 0 Å². The molecule has 0 radical (unpaired) electrons. The molecule has 0 amide bonds. The first-order valence-corrected chi connectivity index (χ1v) is 6.36. The molecule has 1 aromatic carbocycles. The van der Waals surface area contributed by atoms with Gasteiger partial charge in [-0.3, -0.25) is 4.90 Å². The highest BCUT2D eigenvalue weighted by Crippen LogP contribution is 2.21. The minimum Gasteiger partial charge on any atom is -0.326 e. The van der Waals surface area contributed by atoms with E-state index in [2.05, 4.69) is 18.7 Å². The van der Waals surface area contributed by atoms with Gasteiger partial charge in [0.1, 0.15) is 5.82 Å². The van der Waals surface area contributed by atoms with E-state index in [4.69, 9.17) is 5.73 Å². The van der Waals surface area contributed by atoms with Crippen molar-refractivity contribution in [1.29, 1.82) is 0 Å². The van der Waals surface area contributed by atoms with Crippen LogP contribution < -0.4 is 5.73 Å². The molecule has 17 heavy (non-hydrogen) atoms. The maximum Gasteiger partial charge on any atom is 0.127 e. The molecule has 2 atom stereocenters. The second kappa shape index (κ2) is 5.15. The Labute approximate surface area is 103 Å². The van der Waals surface area contributed by atoms with E-state index in [1.165, 1.54) is 0 Å². The number of hydrogen-bond donors (Lipinski definition) is 1. The smallest absolute Gasteiger partial charge is 0.127 e. The van der Waals surface area contributed by atoms with E-state index in [-0.39, 0.29) is 11.9 Å². The largest absolute Gasteiger partial charge is 0.326 e. The van der Waals surface area contributed by atoms with Gasteiger partial charge in [-0.15, -0.1) is 0 Å². The van der Waals surface area contributed by atoms with Crippen LogP contribution in [0.1, 0.15) is 25.0 Å². The van der Waals surface area contributed by atoms with E-state index in [9.17, 15) is 4.39 Å². The van der Waals surface area contributed by atoms with Crippen LogP contribution in [-0.4, -0.2) is 24.0 Å². The highest BCUT2D eigenvalue weighted by molar-refractivity contribution is 5.28. The average molecular weight is 236 g/mol. The van der Waals surface area contributed by atoms with E-state index >= 15 is 0 Å². The van der Waals surface area contributed by atoms with Gasteiger partial charge in [-0.1, -0.05) is 26.0 Å². The third-order valence-electron chi connectivity index (χ3n) is 3.72. The van der Waals surface area contributed by atoms with E-state index < -0.39 is 0 Å². The molecule has 0 bridgehead atoms. The molecule has 1 fully saturated rings. The standard InChI is InChI=1S/C14H21FN2/c1-3-11-5-4-6-13(15)12(11)8-17-7-10(2)14(16)9-17/h4-6,10,14H,3,7-9,16H2,1-2H3. The summed E-state index contributed by atoms with van der Waals surface area (Å²) in [6, 6.07) is 5.58. The number of nitrogens with two attached hydrogens (primary N) is 1. The molecule has 2 unspecified atom stereocenters. The maximum absolute atomic E-state index is 13.8. The van der Waals surface area contributed by atoms with Crippen molar-refractivity contribution in [1.82, 2.24) is 4.90 Å². The molecule has 2 nitrogen and oxygen atoms in total. The van der Waals surface area contributed by atoms with Crippen molar-refractivity contribution in [2.45, 2.75) is 32.9 Å². The lowest BCUT2D eigenvalue weighted by molar-refractivity contribution is 0.312. The van der Waals surface area contributed by atoms with Crippen molar-refractivity contribution in [3.8, 4) is 0 Å². The van der Waals surface area contributed by atoms with E-state index in [0.29, 0.717) is 12.5 Å². The molecule has 0 aromatic heterocycles. The van der Waals surface area contributed by atoms with Crippen molar-refractivity contribution in [2.24, 2.45) is 11.7 Å². The van der Waals surface area contributed by atoms with Crippen LogP contribution in [0.4, 0.5) is 4.39 Å². The summed E-state index contributed by atoms with van der Waals surface area (Å²) in [4.78, 5) is 2.26. The molecule has 2 rings (SSSR count). The molecule has 0 saturated carbocycles. The third-order valence-corrected chi connectivity index (χ3v) is 3.72. The molecular formula is C14H21FN2. The molecule has 3 heteroatoms. The summed E-state index contributed by atoms with van der Waals surface area (Å²) in [6.07, 6.45) is 0.878. The summed E-state index contributed by atoms with van der Waals surface area (Å²) < 4.78 is 13.8. The third kappa shape index (κ3) is 2.67. The molecule has 1 saturated heterocycles. The zero-order valence-electron chi connectivity index (χ0n) is 10.6. The van der Waals surface area contributed by atoms with Crippen molar-refractivity contribution in [3.05, 3.63) is 35.1 Å². The number of rotatable bonds is 3. The van der Waals surface area contributed by atoms with E-state index in [1.54, 1.807) is 12.1 Å². The topological polar surface area (TPSA) is 29.3 Å². The molecular weight excluding hydrogens is 215 g/mol. The van der Waals surface area contributed by atoms with Crippen LogP contribution in [-0.2, 0) is 13.0 Å². The predicted octanol–water partition coefficient (Wildman–Crippen LogP) is 2.17. The fourth-order valence-corrected chi connectivity index (χ4v) is 2.56. The maximum atomic E-state index is 13.8. The quantitative estimate of drug-likeness (QED) is 0.871. The molecule has 1 aliphatic rings. The molecule has 94 valence electrons. The Morgan fingerprint density at radius 1 is 1.41 bits per heavy atom. The number of nitrogens with zero attached hydrogens (tertiary/aromatic N) is 1. The van der Waals surface area contributed by atoms with Gasteiger partial charge >= 0.3 is 0 Å². The van der Waals surface area contributed by atoms with Gasteiger partial charge < -0.3 is 5.73 Å². The van der Waals surface area contributed by atoms with Gasteiger partial charge in [0, 0.05) is 31.2 Å². The lowest BCUT2D eigenvalue weighted by atomic mass is 10.0. The summed E-state index contributed by atoms with van der Waals surface area (Å²) in [5.74, 6) is 0.421. The zero-order valence-corrected chi connectivity index (χ0v) is 10.6. The number of likely N-dealkylation sites (tertiary alicyclic amines) is 1. The first-order chi connectivity index (χ1) is 8.11. The minimum absolute atomic E-state index is 0.0857. The number of aryl methyl sites for hydroxylation is 1. The van der Waals surface area contributed by atoms with Gasteiger partial charge in [-0.05, 0) is 24.0 Å². The van der Waals surface area contributed by atoms with Crippen LogP contribution in [0.15, 0.2) is 18.2 Å². The lowest BCUT2D eigenvalue weighted by Crippen LogP contribution is -2.28.